The van der Waals surface area contributed by atoms with Crippen LogP contribution in [0.5, 0.6) is 0 Å². The van der Waals surface area contributed by atoms with Gasteiger partial charge in [-0.05, 0) is 42.7 Å². The molecular weight excluding hydrogens is 248 g/mol. The quantitative estimate of drug-likeness (QED) is 0.858. The molecule has 0 radical (unpaired) electrons. The lowest BCUT2D eigenvalue weighted by molar-refractivity contribution is -0.0998. The molecule has 0 aliphatic heterocycles. The number of aliphatic hydroxyl groups is 1. The van der Waals surface area contributed by atoms with Gasteiger partial charge in [0.1, 0.15) is 16.9 Å². The number of fused-ring (bicyclic) bond motifs is 1. The molecule has 2 heteroatoms. The van der Waals surface area contributed by atoms with Crippen molar-refractivity contribution in [1.82, 2.24) is 0 Å². The number of benzene rings is 1. The summed E-state index contributed by atoms with van der Waals surface area (Å²) < 4.78 is 5.99. The van der Waals surface area contributed by atoms with Crippen molar-refractivity contribution in [1.29, 1.82) is 0 Å². The van der Waals surface area contributed by atoms with E-state index in [9.17, 15) is 5.11 Å². The summed E-state index contributed by atoms with van der Waals surface area (Å²) in [4.78, 5) is 0. The lowest BCUT2D eigenvalue weighted by Crippen LogP contribution is -2.42. The number of rotatable bonds is 2. The number of hydrogen-bond acceptors (Lipinski definition) is 2. The number of para-hydroxylation sites is 1. The molecule has 1 aliphatic rings. The van der Waals surface area contributed by atoms with Crippen LogP contribution in [0.1, 0.15) is 45.8 Å². The van der Waals surface area contributed by atoms with Gasteiger partial charge < -0.3 is 9.52 Å². The van der Waals surface area contributed by atoms with E-state index >= 15 is 0 Å². The summed E-state index contributed by atoms with van der Waals surface area (Å²) >= 11 is 0. The van der Waals surface area contributed by atoms with Gasteiger partial charge in [0.25, 0.3) is 0 Å². The standard InChI is InChI=1S/C18H24O2/c1-12(2)15-9-8-13(3)11-18(15,19)17-10-14-6-4-5-7-16(14)20-17/h4-7,10,12-13,15,19H,8-9,11H2,1-3H3. The molecule has 3 rings (SSSR count). The highest BCUT2D eigenvalue weighted by Gasteiger charge is 2.46. The van der Waals surface area contributed by atoms with E-state index in [1.165, 1.54) is 6.42 Å². The number of furan rings is 1. The fourth-order valence-corrected chi connectivity index (χ4v) is 3.85. The van der Waals surface area contributed by atoms with Crippen molar-refractivity contribution in [2.75, 3.05) is 0 Å². The predicted octanol–water partition coefficient (Wildman–Crippen LogP) is 4.71. The highest BCUT2D eigenvalue weighted by Crippen LogP contribution is 2.48. The molecule has 3 atom stereocenters. The van der Waals surface area contributed by atoms with E-state index in [0.29, 0.717) is 11.8 Å². The first-order valence-corrected chi connectivity index (χ1v) is 7.72. The molecule has 20 heavy (non-hydrogen) atoms. The zero-order valence-electron chi connectivity index (χ0n) is 12.6. The van der Waals surface area contributed by atoms with Gasteiger partial charge in [-0.3, -0.25) is 0 Å². The van der Waals surface area contributed by atoms with Crippen LogP contribution < -0.4 is 0 Å². The molecular formula is C18H24O2. The summed E-state index contributed by atoms with van der Waals surface area (Å²) in [7, 11) is 0. The Kier molecular flexibility index (Phi) is 3.37. The smallest absolute Gasteiger partial charge is 0.137 e. The van der Waals surface area contributed by atoms with Gasteiger partial charge in [0.15, 0.2) is 0 Å². The van der Waals surface area contributed by atoms with Crippen molar-refractivity contribution >= 4 is 11.0 Å². The molecule has 2 aromatic rings. The summed E-state index contributed by atoms with van der Waals surface area (Å²) in [5.74, 6) is 2.03. The van der Waals surface area contributed by atoms with E-state index in [1.54, 1.807) is 0 Å². The highest BCUT2D eigenvalue weighted by atomic mass is 16.4. The van der Waals surface area contributed by atoms with Gasteiger partial charge in [0.05, 0.1) is 0 Å². The molecule has 108 valence electrons. The van der Waals surface area contributed by atoms with Gasteiger partial charge >= 0.3 is 0 Å². The highest BCUT2D eigenvalue weighted by molar-refractivity contribution is 5.77. The fraction of sp³-hybridized carbons (Fsp3) is 0.556. The minimum atomic E-state index is -0.815. The Morgan fingerprint density at radius 3 is 2.70 bits per heavy atom. The van der Waals surface area contributed by atoms with E-state index in [-0.39, 0.29) is 5.92 Å². The maximum absolute atomic E-state index is 11.4. The molecule has 0 amide bonds. The van der Waals surface area contributed by atoms with Crippen molar-refractivity contribution in [2.45, 2.75) is 45.6 Å². The van der Waals surface area contributed by atoms with Crippen molar-refractivity contribution in [3.63, 3.8) is 0 Å². The Balaban J connectivity index is 2.06. The van der Waals surface area contributed by atoms with E-state index in [0.717, 1.165) is 29.6 Å². The first kappa shape index (κ1) is 13.7. The number of hydrogen-bond donors (Lipinski definition) is 1. The second-order valence-corrected chi connectivity index (χ2v) is 6.81. The fourth-order valence-electron chi connectivity index (χ4n) is 3.85. The van der Waals surface area contributed by atoms with Gasteiger partial charge in [-0.15, -0.1) is 0 Å². The molecule has 1 aromatic heterocycles. The summed E-state index contributed by atoms with van der Waals surface area (Å²) in [5, 5.41) is 12.4. The van der Waals surface area contributed by atoms with Crippen LogP contribution in [0.2, 0.25) is 0 Å². The Hall–Kier alpha value is -1.28. The maximum Gasteiger partial charge on any atom is 0.137 e. The molecule has 0 saturated heterocycles. The first-order valence-electron chi connectivity index (χ1n) is 7.72. The summed E-state index contributed by atoms with van der Waals surface area (Å²) in [6, 6.07) is 10.0. The molecule has 1 saturated carbocycles. The summed E-state index contributed by atoms with van der Waals surface area (Å²) in [5.41, 5.74) is 0.0573. The van der Waals surface area contributed by atoms with E-state index < -0.39 is 5.60 Å². The van der Waals surface area contributed by atoms with E-state index in [4.69, 9.17) is 4.42 Å². The van der Waals surface area contributed by atoms with Crippen LogP contribution in [0, 0.1) is 17.8 Å². The van der Waals surface area contributed by atoms with Crippen LogP contribution in [-0.2, 0) is 5.60 Å². The SMILES string of the molecule is CC1CCC(C(C)C)C(O)(c2cc3ccccc3o2)C1. The van der Waals surface area contributed by atoms with Crippen LogP contribution in [0.3, 0.4) is 0 Å². The molecule has 1 fully saturated rings. The molecule has 1 aromatic carbocycles. The lowest BCUT2D eigenvalue weighted by atomic mass is 9.66. The molecule has 1 N–H and O–H groups in total. The van der Waals surface area contributed by atoms with Crippen molar-refractivity contribution in [3.05, 3.63) is 36.1 Å². The van der Waals surface area contributed by atoms with Crippen LogP contribution in [0.15, 0.2) is 34.7 Å². The molecule has 3 unspecified atom stereocenters. The van der Waals surface area contributed by atoms with Crippen molar-refractivity contribution < 1.29 is 9.52 Å². The third-order valence-corrected chi connectivity index (χ3v) is 4.90. The van der Waals surface area contributed by atoms with E-state index in [1.807, 2.05) is 30.3 Å². The maximum atomic E-state index is 11.4. The average Bonchev–Trinajstić information content (AvgIpc) is 2.82. The zero-order valence-corrected chi connectivity index (χ0v) is 12.6. The van der Waals surface area contributed by atoms with E-state index in [2.05, 4.69) is 20.8 Å². The molecule has 0 spiro atoms. The topological polar surface area (TPSA) is 33.4 Å². The lowest BCUT2D eigenvalue weighted by Gasteiger charge is -2.43. The predicted molar refractivity (Wildman–Crippen MR) is 81.5 cm³/mol. The van der Waals surface area contributed by atoms with Crippen molar-refractivity contribution in [3.8, 4) is 0 Å². The van der Waals surface area contributed by atoms with Crippen LogP contribution in [0.4, 0.5) is 0 Å². The van der Waals surface area contributed by atoms with Gasteiger partial charge in [0.2, 0.25) is 0 Å². The zero-order chi connectivity index (χ0) is 14.3. The molecule has 1 aliphatic carbocycles. The van der Waals surface area contributed by atoms with Crippen molar-refractivity contribution in [2.24, 2.45) is 17.8 Å². The van der Waals surface area contributed by atoms with Gasteiger partial charge in [-0.1, -0.05) is 45.4 Å². The second kappa shape index (κ2) is 4.92. The normalized spacial score (nSPS) is 31.1. The average molecular weight is 272 g/mol. The van der Waals surface area contributed by atoms with Crippen LogP contribution in [-0.4, -0.2) is 5.11 Å². The van der Waals surface area contributed by atoms with Gasteiger partial charge in [-0.25, -0.2) is 0 Å². The Labute approximate surface area is 120 Å². The monoisotopic (exact) mass is 272 g/mol. The Morgan fingerprint density at radius 1 is 1.25 bits per heavy atom. The third-order valence-electron chi connectivity index (χ3n) is 4.90. The second-order valence-electron chi connectivity index (χ2n) is 6.81. The van der Waals surface area contributed by atoms with Crippen LogP contribution >= 0.6 is 0 Å². The van der Waals surface area contributed by atoms with Crippen LogP contribution in [0.25, 0.3) is 11.0 Å². The summed E-state index contributed by atoms with van der Waals surface area (Å²) in [6.07, 6.45) is 3.08. The van der Waals surface area contributed by atoms with Gasteiger partial charge in [0, 0.05) is 5.39 Å². The molecule has 1 heterocycles. The third kappa shape index (κ3) is 2.16. The molecule has 0 bridgehead atoms. The van der Waals surface area contributed by atoms with Gasteiger partial charge in [-0.2, -0.15) is 0 Å². The first-order chi connectivity index (χ1) is 9.50. The largest absolute Gasteiger partial charge is 0.458 e. The minimum Gasteiger partial charge on any atom is -0.458 e. The Bertz CT molecular complexity index is 565. The Morgan fingerprint density at radius 2 is 2.00 bits per heavy atom. The molecule has 2 nitrogen and oxygen atoms in total. The summed E-state index contributed by atoms with van der Waals surface area (Å²) in [6.45, 7) is 6.63. The minimum absolute atomic E-state index is 0.277.